The van der Waals surface area contributed by atoms with Crippen molar-refractivity contribution in [3.63, 3.8) is 0 Å². The van der Waals surface area contributed by atoms with Gasteiger partial charge in [0.1, 0.15) is 5.82 Å². The minimum atomic E-state index is 0.530. The summed E-state index contributed by atoms with van der Waals surface area (Å²) in [7, 11) is 0. The van der Waals surface area contributed by atoms with Gasteiger partial charge in [-0.2, -0.15) is 5.10 Å². The second kappa shape index (κ2) is 2.77. The molecule has 1 aliphatic heterocycles. The van der Waals surface area contributed by atoms with Crippen molar-refractivity contribution in [2.75, 3.05) is 11.9 Å². The van der Waals surface area contributed by atoms with Crippen LogP contribution >= 0.6 is 0 Å². The molecule has 15 heavy (non-hydrogen) atoms. The standard InChI is InChI=1S/C12H19N3/c1-8-9(2)14-15-10(12(3)5-6-12)4-7-13-11(8)15/h10,13H,4-7H2,1-3H3. The van der Waals surface area contributed by atoms with Crippen LogP contribution < -0.4 is 5.32 Å². The molecule has 3 nitrogen and oxygen atoms in total. The van der Waals surface area contributed by atoms with Gasteiger partial charge in [0, 0.05) is 12.1 Å². The molecular formula is C12H19N3. The maximum Gasteiger partial charge on any atom is 0.127 e. The molecule has 0 aromatic carbocycles. The van der Waals surface area contributed by atoms with E-state index in [-0.39, 0.29) is 0 Å². The fraction of sp³-hybridized carbons (Fsp3) is 0.750. The highest BCUT2D eigenvalue weighted by Gasteiger charge is 2.47. The third kappa shape index (κ3) is 1.22. The number of hydrogen-bond donors (Lipinski definition) is 1. The number of rotatable bonds is 1. The molecule has 1 unspecified atom stereocenters. The van der Waals surface area contributed by atoms with Gasteiger partial charge in [-0.3, -0.25) is 0 Å². The van der Waals surface area contributed by atoms with Gasteiger partial charge in [0.05, 0.1) is 11.7 Å². The Morgan fingerprint density at radius 3 is 2.80 bits per heavy atom. The van der Waals surface area contributed by atoms with Crippen LogP contribution in [-0.4, -0.2) is 16.3 Å². The molecule has 82 valence electrons. The Bertz CT molecular complexity index is 401. The molecule has 0 radical (unpaired) electrons. The van der Waals surface area contributed by atoms with Crippen molar-refractivity contribution in [2.24, 2.45) is 5.41 Å². The first-order valence-electron chi connectivity index (χ1n) is 5.91. The zero-order chi connectivity index (χ0) is 10.6. The van der Waals surface area contributed by atoms with Crippen LogP contribution in [0.5, 0.6) is 0 Å². The number of hydrogen-bond acceptors (Lipinski definition) is 2. The van der Waals surface area contributed by atoms with Crippen LogP contribution in [0.15, 0.2) is 0 Å². The SMILES string of the molecule is Cc1nn2c(c1C)NCCC2C1(C)CC1. The topological polar surface area (TPSA) is 29.9 Å². The van der Waals surface area contributed by atoms with Crippen molar-refractivity contribution in [3.05, 3.63) is 11.3 Å². The van der Waals surface area contributed by atoms with Crippen molar-refractivity contribution in [3.8, 4) is 0 Å². The first-order chi connectivity index (χ1) is 7.12. The van der Waals surface area contributed by atoms with E-state index in [1.165, 1.54) is 36.3 Å². The number of aryl methyl sites for hydroxylation is 1. The van der Waals surface area contributed by atoms with Crippen molar-refractivity contribution in [2.45, 2.75) is 46.1 Å². The molecule has 3 rings (SSSR count). The Hall–Kier alpha value is -0.990. The second-order valence-corrected chi connectivity index (χ2v) is 5.39. The molecule has 1 aromatic rings. The van der Waals surface area contributed by atoms with E-state index < -0.39 is 0 Å². The minimum absolute atomic E-state index is 0.530. The van der Waals surface area contributed by atoms with Crippen LogP contribution in [0, 0.1) is 19.3 Å². The van der Waals surface area contributed by atoms with E-state index in [0.29, 0.717) is 11.5 Å². The monoisotopic (exact) mass is 205 g/mol. The van der Waals surface area contributed by atoms with E-state index in [0.717, 1.165) is 6.54 Å². The van der Waals surface area contributed by atoms with Crippen molar-refractivity contribution in [1.29, 1.82) is 0 Å². The van der Waals surface area contributed by atoms with Gasteiger partial charge in [-0.15, -0.1) is 0 Å². The maximum absolute atomic E-state index is 4.69. The summed E-state index contributed by atoms with van der Waals surface area (Å²) in [6, 6.07) is 0.626. The zero-order valence-corrected chi connectivity index (χ0v) is 9.80. The normalized spacial score (nSPS) is 27.0. The number of nitrogens with zero attached hydrogens (tertiary/aromatic N) is 2. The lowest BCUT2D eigenvalue weighted by Crippen LogP contribution is -2.29. The molecule has 1 saturated carbocycles. The Morgan fingerprint density at radius 2 is 2.13 bits per heavy atom. The molecule has 1 aromatic heterocycles. The number of fused-ring (bicyclic) bond motifs is 1. The Kier molecular flexibility index (Phi) is 1.71. The molecule has 1 atom stereocenters. The summed E-state index contributed by atoms with van der Waals surface area (Å²) in [5, 5.41) is 8.17. The fourth-order valence-corrected chi connectivity index (χ4v) is 2.69. The van der Waals surface area contributed by atoms with Crippen LogP contribution in [-0.2, 0) is 0 Å². The molecule has 3 heteroatoms. The highest BCUT2D eigenvalue weighted by molar-refractivity contribution is 5.48. The van der Waals surface area contributed by atoms with Gasteiger partial charge in [0.15, 0.2) is 0 Å². The molecule has 1 aliphatic carbocycles. The Balaban J connectivity index is 2.07. The summed E-state index contributed by atoms with van der Waals surface area (Å²) in [6.07, 6.45) is 3.97. The van der Waals surface area contributed by atoms with Gasteiger partial charge >= 0.3 is 0 Å². The zero-order valence-electron chi connectivity index (χ0n) is 9.80. The van der Waals surface area contributed by atoms with Gasteiger partial charge in [-0.25, -0.2) is 4.68 Å². The first-order valence-corrected chi connectivity index (χ1v) is 5.91. The molecule has 0 spiro atoms. The van der Waals surface area contributed by atoms with Crippen molar-refractivity contribution in [1.82, 2.24) is 9.78 Å². The summed E-state index contributed by atoms with van der Waals surface area (Å²) in [5.41, 5.74) is 3.03. The van der Waals surface area contributed by atoms with E-state index in [1.54, 1.807) is 0 Å². The summed E-state index contributed by atoms with van der Waals surface area (Å²) in [6.45, 7) is 7.78. The average molecular weight is 205 g/mol. The summed E-state index contributed by atoms with van der Waals surface area (Å²) >= 11 is 0. The van der Waals surface area contributed by atoms with Gasteiger partial charge < -0.3 is 5.32 Å². The van der Waals surface area contributed by atoms with Gasteiger partial charge in [0.25, 0.3) is 0 Å². The molecular weight excluding hydrogens is 186 g/mol. The molecule has 0 bridgehead atoms. The predicted octanol–water partition coefficient (Wildman–Crippen LogP) is 2.66. The largest absolute Gasteiger partial charge is 0.370 e. The van der Waals surface area contributed by atoms with E-state index >= 15 is 0 Å². The Labute approximate surface area is 90.9 Å². The smallest absolute Gasteiger partial charge is 0.127 e. The van der Waals surface area contributed by atoms with Crippen LogP contribution in [0.2, 0.25) is 0 Å². The lowest BCUT2D eigenvalue weighted by atomic mass is 9.94. The van der Waals surface area contributed by atoms with Gasteiger partial charge in [0.2, 0.25) is 0 Å². The lowest BCUT2D eigenvalue weighted by molar-refractivity contribution is 0.284. The van der Waals surface area contributed by atoms with Crippen molar-refractivity contribution >= 4 is 5.82 Å². The number of anilines is 1. The molecule has 1 fully saturated rings. The van der Waals surface area contributed by atoms with Crippen LogP contribution in [0.3, 0.4) is 0 Å². The first kappa shape index (κ1) is 9.25. The highest BCUT2D eigenvalue weighted by Crippen LogP contribution is 2.56. The Morgan fingerprint density at radius 1 is 1.40 bits per heavy atom. The number of nitrogens with one attached hydrogen (secondary N) is 1. The van der Waals surface area contributed by atoms with Crippen LogP contribution in [0.25, 0.3) is 0 Å². The maximum atomic E-state index is 4.69. The van der Waals surface area contributed by atoms with E-state index in [9.17, 15) is 0 Å². The van der Waals surface area contributed by atoms with Gasteiger partial charge in [-0.1, -0.05) is 6.92 Å². The summed E-state index contributed by atoms with van der Waals surface area (Å²) < 4.78 is 2.25. The van der Waals surface area contributed by atoms with E-state index in [1.807, 2.05) is 0 Å². The van der Waals surface area contributed by atoms with Crippen LogP contribution in [0.4, 0.5) is 5.82 Å². The molecule has 0 saturated heterocycles. The van der Waals surface area contributed by atoms with Crippen molar-refractivity contribution < 1.29 is 0 Å². The second-order valence-electron chi connectivity index (χ2n) is 5.39. The molecule has 0 amide bonds. The summed E-state index contributed by atoms with van der Waals surface area (Å²) in [4.78, 5) is 0. The van der Waals surface area contributed by atoms with E-state index in [2.05, 4.69) is 30.8 Å². The van der Waals surface area contributed by atoms with E-state index in [4.69, 9.17) is 5.10 Å². The predicted molar refractivity (Wildman–Crippen MR) is 61.2 cm³/mol. The average Bonchev–Trinajstić information content (AvgIpc) is 2.90. The number of aromatic nitrogens is 2. The lowest BCUT2D eigenvalue weighted by Gasteiger charge is -2.30. The van der Waals surface area contributed by atoms with Gasteiger partial charge in [-0.05, 0) is 38.5 Å². The molecule has 2 aliphatic rings. The summed E-state index contributed by atoms with van der Waals surface area (Å²) in [5.74, 6) is 1.26. The van der Waals surface area contributed by atoms with Crippen LogP contribution in [0.1, 0.15) is 43.5 Å². The minimum Gasteiger partial charge on any atom is -0.370 e. The molecule has 2 heterocycles. The molecule has 1 N–H and O–H groups in total. The fourth-order valence-electron chi connectivity index (χ4n) is 2.69. The quantitative estimate of drug-likeness (QED) is 0.764. The third-order valence-corrected chi connectivity index (χ3v) is 4.23. The highest BCUT2D eigenvalue weighted by atomic mass is 15.4. The third-order valence-electron chi connectivity index (χ3n) is 4.23.